The maximum Gasteiger partial charge on any atom is 0.446 e. The van der Waals surface area contributed by atoms with Crippen LogP contribution in [-0.4, -0.2) is 17.2 Å². The van der Waals surface area contributed by atoms with Crippen LogP contribution in [0, 0.1) is 0 Å². The van der Waals surface area contributed by atoms with Crippen LogP contribution in [0.1, 0.15) is 16.8 Å². The molecule has 0 saturated carbocycles. The summed E-state index contributed by atoms with van der Waals surface area (Å²) in [6.07, 6.45) is 0.0706. The van der Waals surface area contributed by atoms with Crippen LogP contribution >= 0.6 is 23.4 Å². The number of carbonyl (C=O) groups is 1. The number of nitrogen functional groups attached to an aromatic ring is 1. The van der Waals surface area contributed by atoms with Gasteiger partial charge < -0.3 is 5.73 Å². The highest BCUT2D eigenvalue weighted by Gasteiger charge is 2.29. The highest BCUT2D eigenvalue weighted by atomic mass is 35.5. The van der Waals surface area contributed by atoms with E-state index < -0.39 is 5.51 Å². The number of ketones is 1. The summed E-state index contributed by atoms with van der Waals surface area (Å²) < 4.78 is 36.5. The molecule has 0 atom stereocenters. The molecule has 1 aromatic rings. The highest BCUT2D eigenvalue weighted by molar-refractivity contribution is 8.00. The summed E-state index contributed by atoms with van der Waals surface area (Å²) in [6, 6.07) is 3.69. The van der Waals surface area contributed by atoms with Gasteiger partial charge in [0.25, 0.3) is 0 Å². The van der Waals surface area contributed by atoms with Crippen LogP contribution in [0.4, 0.5) is 18.9 Å². The van der Waals surface area contributed by atoms with E-state index in [9.17, 15) is 18.0 Å². The average Bonchev–Trinajstić information content (AvgIpc) is 2.14. The lowest BCUT2D eigenvalue weighted by Crippen LogP contribution is -2.03. The molecule has 2 N–H and O–H groups in total. The first kappa shape index (κ1) is 14.2. The number of Topliss-reactive ketones (excluding diaryl/α,β-unsaturated/α-hetero) is 1. The second-order valence-corrected chi connectivity index (χ2v) is 4.72. The number of halogens is 4. The van der Waals surface area contributed by atoms with Gasteiger partial charge in [-0.1, -0.05) is 0 Å². The van der Waals surface area contributed by atoms with Gasteiger partial charge in [-0.3, -0.25) is 4.79 Å². The van der Waals surface area contributed by atoms with Crippen molar-refractivity contribution in [1.29, 1.82) is 0 Å². The predicted molar refractivity (Wildman–Crippen MR) is 62.4 cm³/mol. The van der Waals surface area contributed by atoms with Crippen molar-refractivity contribution in [3.05, 3.63) is 23.8 Å². The van der Waals surface area contributed by atoms with Crippen LogP contribution in [0.5, 0.6) is 0 Å². The molecule has 94 valence electrons. The maximum atomic E-state index is 12.2. The van der Waals surface area contributed by atoms with Gasteiger partial charge in [-0.05, 0) is 30.0 Å². The normalized spacial score (nSPS) is 11.5. The van der Waals surface area contributed by atoms with Crippen LogP contribution in [0.15, 0.2) is 23.1 Å². The van der Waals surface area contributed by atoms with Crippen molar-refractivity contribution < 1.29 is 18.0 Å². The Bertz CT molecular complexity index is 423. The molecule has 0 aromatic heterocycles. The SMILES string of the molecule is Nc1cc(SC(F)(F)F)cc(C(=O)CCCl)c1. The van der Waals surface area contributed by atoms with Gasteiger partial charge in [0.05, 0.1) is 0 Å². The van der Waals surface area contributed by atoms with E-state index >= 15 is 0 Å². The third-order valence-electron chi connectivity index (χ3n) is 1.81. The van der Waals surface area contributed by atoms with E-state index in [1.54, 1.807) is 0 Å². The van der Waals surface area contributed by atoms with Crippen LogP contribution in [0.3, 0.4) is 0 Å². The molecule has 7 heteroatoms. The molecule has 0 amide bonds. The highest BCUT2D eigenvalue weighted by Crippen LogP contribution is 2.38. The van der Waals surface area contributed by atoms with Crippen molar-refractivity contribution in [2.75, 3.05) is 11.6 Å². The van der Waals surface area contributed by atoms with Gasteiger partial charge in [0.1, 0.15) is 0 Å². The largest absolute Gasteiger partial charge is 0.446 e. The van der Waals surface area contributed by atoms with E-state index in [2.05, 4.69) is 0 Å². The first-order chi connectivity index (χ1) is 7.81. The standard InChI is InChI=1S/C10H9ClF3NOS/c11-2-1-9(16)6-3-7(15)5-8(4-6)17-10(12,13)14/h3-5H,1-2,15H2. The number of hydrogen-bond donors (Lipinski definition) is 1. The van der Waals surface area contributed by atoms with Crippen molar-refractivity contribution >= 4 is 34.8 Å². The minimum Gasteiger partial charge on any atom is -0.399 e. The smallest absolute Gasteiger partial charge is 0.399 e. The molecule has 0 fully saturated rings. The summed E-state index contributed by atoms with van der Waals surface area (Å²) in [5, 5.41) is 0. The lowest BCUT2D eigenvalue weighted by molar-refractivity contribution is -0.0328. The molecule has 2 nitrogen and oxygen atoms in total. The van der Waals surface area contributed by atoms with Gasteiger partial charge >= 0.3 is 5.51 Å². The number of carbonyl (C=O) groups excluding carboxylic acids is 1. The second-order valence-electron chi connectivity index (χ2n) is 3.20. The molecule has 0 spiro atoms. The van der Waals surface area contributed by atoms with E-state index in [1.165, 1.54) is 18.2 Å². The van der Waals surface area contributed by atoms with Crippen LogP contribution in [0.25, 0.3) is 0 Å². The summed E-state index contributed by atoms with van der Waals surface area (Å²) in [4.78, 5) is 11.4. The van der Waals surface area contributed by atoms with Crippen molar-refractivity contribution in [3.8, 4) is 0 Å². The second kappa shape index (κ2) is 5.64. The number of thioether (sulfide) groups is 1. The minimum absolute atomic E-state index is 0.0706. The van der Waals surface area contributed by atoms with Crippen LogP contribution < -0.4 is 5.73 Å². The van der Waals surface area contributed by atoms with Crippen molar-refractivity contribution in [2.24, 2.45) is 0 Å². The number of anilines is 1. The van der Waals surface area contributed by atoms with Gasteiger partial charge in [0, 0.05) is 28.4 Å². The fourth-order valence-electron chi connectivity index (χ4n) is 1.21. The van der Waals surface area contributed by atoms with Gasteiger partial charge in [-0.2, -0.15) is 13.2 Å². The fraction of sp³-hybridized carbons (Fsp3) is 0.300. The molecular weight excluding hydrogens is 275 g/mol. The Balaban J connectivity index is 2.98. The van der Waals surface area contributed by atoms with Crippen molar-refractivity contribution in [1.82, 2.24) is 0 Å². The van der Waals surface area contributed by atoms with E-state index in [0.717, 1.165) is 0 Å². The third kappa shape index (κ3) is 4.87. The topological polar surface area (TPSA) is 43.1 Å². The first-order valence-electron chi connectivity index (χ1n) is 4.57. The molecule has 0 aliphatic heterocycles. The predicted octanol–water partition coefficient (Wildman–Crippen LogP) is 3.69. The van der Waals surface area contributed by atoms with E-state index in [0.29, 0.717) is 0 Å². The molecule has 0 unspecified atom stereocenters. The summed E-state index contributed by atoms with van der Waals surface area (Å²) in [5.41, 5.74) is 1.32. The summed E-state index contributed by atoms with van der Waals surface area (Å²) in [6.45, 7) is 0. The monoisotopic (exact) mass is 283 g/mol. The molecule has 0 heterocycles. The summed E-state index contributed by atoms with van der Waals surface area (Å²) in [7, 11) is 0. The molecule has 1 aromatic carbocycles. The van der Waals surface area contributed by atoms with E-state index in [-0.39, 0.29) is 46.0 Å². The zero-order valence-corrected chi connectivity index (χ0v) is 10.1. The summed E-state index contributed by atoms with van der Waals surface area (Å²) >= 11 is 5.09. The molecule has 17 heavy (non-hydrogen) atoms. The van der Waals surface area contributed by atoms with Crippen molar-refractivity contribution in [3.63, 3.8) is 0 Å². The first-order valence-corrected chi connectivity index (χ1v) is 5.92. The third-order valence-corrected chi connectivity index (χ3v) is 2.70. The van der Waals surface area contributed by atoms with Crippen LogP contribution in [0.2, 0.25) is 0 Å². The van der Waals surface area contributed by atoms with Crippen LogP contribution in [-0.2, 0) is 0 Å². The molecule has 0 saturated heterocycles. The molecule has 0 aliphatic carbocycles. The Morgan fingerprint density at radius 3 is 2.53 bits per heavy atom. The number of benzene rings is 1. The lowest BCUT2D eigenvalue weighted by atomic mass is 10.1. The lowest BCUT2D eigenvalue weighted by Gasteiger charge is -2.08. The zero-order chi connectivity index (χ0) is 13.1. The minimum atomic E-state index is -4.40. The zero-order valence-electron chi connectivity index (χ0n) is 8.55. The van der Waals surface area contributed by atoms with Gasteiger partial charge in [-0.15, -0.1) is 11.6 Å². The maximum absolute atomic E-state index is 12.2. The molecule has 0 bridgehead atoms. The fourth-order valence-corrected chi connectivity index (χ4v) is 2.03. The Kier molecular flexibility index (Phi) is 4.70. The number of nitrogens with two attached hydrogens (primary N) is 1. The molecule has 0 aliphatic rings. The Hall–Kier alpha value is -0.880. The molecular formula is C10H9ClF3NOS. The van der Waals surface area contributed by atoms with Crippen molar-refractivity contribution in [2.45, 2.75) is 16.8 Å². The van der Waals surface area contributed by atoms with Gasteiger partial charge in [-0.25, -0.2) is 0 Å². The van der Waals surface area contributed by atoms with E-state index in [4.69, 9.17) is 17.3 Å². The molecule has 0 radical (unpaired) electrons. The number of rotatable bonds is 4. The number of hydrogen-bond acceptors (Lipinski definition) is 3. The average molecular weight is 284 g/mol. The summed E-state index contributed by atoms with van der Waals surface area (Å²) in [5.74, 6) is -0.202. The van der Waals surface area contributed by atoms with E-state index in [1.807, 2.05) is 0 Å². The Morgan fingerprint density at radius 1 is 1.35 bits per heavy atom. The number of alkyl halides is 4. The van der Waals surface area contributed by atoms with Gasteiger partial charge in [0.15, 0.2) is 5.78 Å². The quantitative estimate of drug-likeness (QED) is 0.397. The Labute approximate surface area is 105 Å². The Morgan fingerprint density at radius 2 is 2.00 bits per heavy atom. The van der Waals surface area contributed by atoms with Gasteiger partial charge in [0.2, 0.25) is 0 Å². The molecule has 1 rings (SSSR count).